The zero-order valence-corrected chi connectivity index (χ0v) is 23.4. The number of halogens is 1. The molecule has 2 heterocycles. The highest BCUT2D eigenvalue weighted by molar-refractivity contribution is 8.18. The smallest absolute Gasteiger partial charge is 0.267 e. The highest BCUT2D eigenvalue weighted by Gasteiger charge is 2.40. The molecular formula is C29H40ClN3OS. The Bertz CT molecular complexity index is 1040. The molecule has 6 heteroatoms. The van der Waals surface area contributed by atoms with Crippen LogP contribution >= 0.6 is 23.4 Å². The van der Waals surface area contributed by atoms with Crippen molar-refractivity contribution in [2.24, 2.45) is 4.99 Å². The monoisotopic (exact) mass is 513 g/mol. The van der Waals surface area contributed by atoms with Gasteiger partial charge in [-0.05, 0) is 93.0 Å². The summed E-state index contributed by atoms with van der Waals surface area (Å²) in [6, 6.07) is 4.96. The Balaban J connectivity index is 1.49. The summed E-state index contributed by atoms with van der Waals surface area (Å²) in [5.74, 6) is 0.566. The molecular weight excluding hydrogens is 474 g/mol. The van der Waals surface area contributed by atoms with Crippen molar-refractivity contribution in [1.82, 2.24) is 4.90 Å². The molecule has 4 aliphatic rings. The van der Waals surface area contributed by atoms with Crippen molar-refractivity contribution in [3.8, 4) is 0 Å². The van der Waals surface area contributed by atoms with Crippen LogP contribution in [0.2, 0.25) is 5.02 Å². The Morgan fingerprint density at radius 2 is 1.71 bits per heavy atom. The quantitative estimate of drug-likeness (QED) is 0.384. The number of nitrogens with zero attached hydrogens (tertiary/aromatic N) is 3. The van der Waals surface area contributed by atoms with Gasteiger partial charge in [0.2, 0.25) is 0 Å². The van der Waals surface area contributed by atoms with E-state index in [0.717, 1.165) is 47.7 Å². The van der Waals surface area contributed by atoms with Crippen LogP contribution in [-0.2, 0) is 4.79 Å². The van der Waals surface area contributed by atoms with Crippen molar-refractivity contribution < 1.29 is 4.79 Å². The van der Waals surface area contributed by atoms with Crippen LogP contribution in [0.4, 0.5) is 5.69 Å². The maximum atomic E-state index is 13.8. The minimum Gasteiger partial charge on any atom is -0.369 e. The van der Waals surface area contributed by atoms with E-state index >= 15 is 0 Å². The van der Waals surface area contributed by atoms with Crippen LogP contribution in [0.25, 0.3) is 6.08 Å². The van der Waals surface area contributed by atoms with Crippen molar-refractivity contribution in [1.29, 1.82) is 0 Å². The third kappa shape index (κ3) is 5.05. The molecule has 3 fully saturated rings. The fourth-order valence-corrected chi connectivity index (χ4v) is 7.77. The number of amides is 1. The van der Waals surface area contributed by atoms with Gasteiger partial charge in [-0.3, -0.25) is 14.7 Å². The van der Waals surface area contributed by atoms with Crippen molar-refractivity contribution in [3.05, 3.63) is 33.2 Å². The Kier molecular flexibility index (Phi) is 7.29. The topological polar surface area (TPSA) is 35.9 Å². The van der Waals surface area contributed by atoms with E-state index in [1.807, 2.05) is 6.08 Å². The van der Waals surface area contributed by atoms with E-state index in [2.05, 4.69) is 49.8 Å². The lowest BCUT2D eigenvalue weighted by atomic mass is 9.80. The molecule has 1 atom stereocenters. The average molecular weight is 514 g/mol. The molecule has 5 rings (SSSR count). The second kappa shape index (κ2) is 10.1. The van der Waals surface area contributed by atoms with E-state index in [1.165, 1.54) is 49.8 Å². The van der Waals surface area contributed by atoms with Crippen LogP contribution in [0, 0.1) is 0 Å². The third-order valence-corrected chi connectivity index (χ3v) is 10.0. The molecule has 1 amide bonds. The zero-order valence-electron chi connectivity index (χ0n) is 21.8. The van der Waals surface area contributed by atoms with Crippen molar-refractivity contribution in [2.45, 2.75) is 115 Å². The highest BCUT2D eigenvalue weighted by Crippen LogP contribution is 2.45. The maximum absolute atomic E-state index is 13.8. The van der Waals surface area contributed by atoms with Gasteiger partial charge in [-0.1, -0.05) is 57.0 Å². The maximum Gasteiger partial charge on any atom is 0.267 e. The van der Waals surface area contributed by atoms with Crippen LogP contribution in [-0.4, -0.2) is 40.6 Å². The summed E-state index contributed by atoms with van der Waals surface area (Å²) in [7, 11) is 2.16. The molecule has 1 aromatic carbocycles. The number of amidine groups is 1. The van der Waals surface area contributed by atoms with Crippen molar-refractivity contribution >= 4 is 46.2 Å². The van der Waals surface area contributed by atoms with Crippen LogP contribution in [0.5, 0.6) is 0 Å². The molecule has 4 nitrogen and oxygen atoms in total. The van der Waals surface area contributed by atoms with Crippen molar-refractivity contribution in [2.75, 3.05) is 11.9 Å². The predicted octanol–water partition coefficient (Wildman–Crippen LogP) is 8.00. The number of fused-ring (bicyclic) bond motifs is 1. The molecule has 0 radical (unpaired) electrons. The molecule has 0 spiro atoms. The summed E-state index contributed by atoms with van der Waals surface area (Å²) in [4.78, 5) is 24.1. The molecule has 0 aromatic heterocycles. The van der Waals surface area contributed by atoms with E-state index in [1.54, 1.807) is 11.8 Å². The van der Waals surface area contributed by atoms with Crippen LogP contribution in [0.1, 0.15) is 108 Å². The number of thioether (sulfide) groups is 1. The number of hydrogen-bond donors (Lipinski definition) is 0. The van der Waals surface area contributed by atoms with E-state index < -0.39 is 0 Å². The van der Waals surface area contributed by atoms with Gasteiger partial charge in [0, 0.05) is 29.3 Å². The summed E-state index contributed by atoms with van der Waals surface area (Å²) in [6.45, 7) is 6.88. The standard InChI is InChI=1S/C29H40ClN3OS/c1-19-18-29(2,3)32(4)25-17-24(30)20(15-23(19)25)16-26-27(34)33(22-13-9-6-10-14-22)28(35-26)31-21-11-7-5-8-12-21/h15-17,19,21-22H,5-14,18H2,1-4H3/b26-16+,31-28?. The summed E-state index contributed by atoms with van der Waals surface area (Å²) >= 11 is 8.41. The van der Waals surface area contributed by atoms with Gasteiger partial charge in [-0.25, -0.2) is 0 Å². The van der Waals surface area contributed by atoms with Gasteiger partial charge in [0.05, 0.1) is 10.9 Å². The number of benzene rings is 1. The fraction of sp³-hybridized carbons (Fsp3) is 0.655. The van der Waals surface area contributed by atoms with Gasteiger partial charge in [0.1, 0.15) is 0 Å². The van der Waals surface area contributed by atoms with Crippen LogP contribution in [0.15, 0.2) is 22.0 Å². The normalized spacial score (nSPS) is 28.3. The second-order valence-corrected chi connectivity index (χ2v) is 13.1. The number of carbonyl (C=O) groups excluding carboxylic acids is 1. The fourth-order valence-electron chi connectivity index (χ4n) is 6.46. The minimum absolute atomic E-state index is 0.0952. The third-order valence-electron chi connectivity index (χ3n) is 8.68. The van der Waals surface area contributed by atoms with Crippen molar-refractivity contribution in [3.63, 3.8) is 0 Å². The molecule has 2 aliphatic heterocycles. The Labute approximate surface area is 220 Å². The first-order chi connectivity index (χ1) is 16.7. The molecule has 2 aliphatic carbocycles. The number of hydrogen-bond acceptors (Lipinski definition) is 4. The summed E-state index contributed by atoms with van der Waals surface area (Å²) in [6.07, 6.45) is 15.1. The number of anilines is 1. The minimum atomic E-state index is 0.0952. The van der Waals surface area contributed by atoms with E-state index in [-0.39, 0.29) is 17.5 Å². The Hall–Kier alpha value is -1.46. The molecule has 2 saturated carbocycles. The lowest BCUT2D eigenvalue weighted by Crippen LogP contribution is -2.45. The van der Waals surface area contributed by atoms with Crippen LogP contribution in [0.3, 0.4) is 0 Å². The van der Waals surface area contributed by atoms with Gasteiger partial charge in [0.25, 0.3) is 5.91 Å². The van der Waals surface area contributed by atoms with E-state index in [4.69, 9.17) is 16.6 Å². The highest BCUT2D eigenvalue weighted by atomic mass is 35.5. The molecule has 35 heavy (non-hydrogen) atoms. The predicted molar refractivity (Wildman–Crippen MR) is 151 cm³/mol. The van der Waals surface area contributed by atoms with Crippen LogP contribution < -0.4 is 4.90 Å². The van der Waals surface area contributed by atoms with Gasteiger partial charge in [-0.15, -0.1) is 0 Å². The number of carbonyl (C=O) groups is 1. The SMILES string of the molecule is CC1CC(C)(C)N(C)c2cc(Cl)c(/C=C3/SC(=NC4CCCCC4)N(C4CCCCC4)C3=O)cc21. The summed E-state index contributed by atoms with van der Waals surface area (Å²) in [5, 5.41) is 1.65. The number of rotatable bonds is 3. The molecule has 190 valence electrons. The first kappa shape index (κ1) is 25.2. The lowest BCUT2D eigenvalue weighted by molar-refractivity contribution is -0.124. The average Bonchev–Trinajstić information content (AvgIpc) is 3.14. The Morgan fingerprint density at radius 3 is 2.40 bits per heavy atom. The van der Waals surface area contributed by atoms with E-state index in [0.29, 0.717) is 17.0 Å². The van der Waals surface area contributed by atoms with E-state index in [9.17, 15) is 4.79 Å². The molecule has 0 N–H and O–H groups in total. The number of aliphatic imine (C=N–C) groups is 1. The first-order valence-corrected chi connectivity index (χ1v) is 14.8. The molecule has 1 saturated heterocycles. The Morgan fingerprint density at radius 1 is 1.06 bits per heavy atom. The zero-order chi connectivity index (χ0) is 24.7. The summed E-state index contributed by atoms with van der Waals surface area (Å²) < 4.78 is 0. The largest absolute Gasteiger partial charge is 0.369 e. The van der Waals surface area contributed by atoms with Gasteiger partial charge in [-0.2, -0.15) is 0 Å². The second-order valence-electron chi connectivity index (χ2n) is 11.7. The first-order valence-electron chi connectivity index (χ1n) is 13.6. The van der Waals surface area contributed by atoms with Gasteiger partial charge >= 0.3 is 0 Å². The lowest BCUT2D eigenvalue weighted by Gasteiger charge is -2.45. The molecule has 1 aromatic rings. The van der Waals surface area contributed by atoms with Gasteiger partial charge in [0.15, 0.2) is 5.17 Å². The summed E-state index contributed by atoms with van der Waals surface area (Å²) in [5.41, 5.74) is 3.56. The van der Waals surface area contributed by atoms with Gasteiger partial charge < -0.3 is 4.90 Å². The molecule has 1 unspecified atom stereocenters. The molecule has 0 bridgehead atoms.